The quantitative estimate of drug-likeness (QED) is 0.274. The van der Waals surface area contributed by atoms with Crippen LogP contribution in [0.2, 0.25) is 0 Å². The number of aromatic nitrogens is 5. The van der Waals surface area contributed by atoms with Gasteiger partial charge in [0.2, 0.25) is 0 Å². The number of nitrogens with zero attached hydrogens (tertiary/aromatic N) is 6. The lowest BCUT2D eigenvalue weighted by Crippen LogP contribution is -2.38. The van der Waals surface area contributed by atoms with Crippen molar-refractivity contribution in [2.75, 3.05) is 20.7 Å². The second kappa shape index (κ2) is 11.4. The Morgan fingerprint density at radius 2 is 1.97 bits per heavy atom. The van der Waals surface area contributed by atoms with Gasteiger partial charge >= 0.3 is 0 Å². The number of hydrogen-bond donors (Lipinski definition) is 2. The highest BCUT2D eigenvalue weighted by Gasteiger charge is 2.05. The fourth-order valence-electron chi connectivity index (χ4n) is 2.76. The fraction of sp³-hybridized carbons (Fsp3) is 0.368. The first kappa shape index (κ1) is 22.7. The number of aliphatic imine (C=N–C) groups is 1. The Hall–Kier alpha value is -2.63. The first-order valence-electron chi connectivity index (χ1n) is 9.23. The minimum atomic E-state index is 0. The molecule has 0 aliphatic heterocycles. The van der Waals surface area contributed by atoms with Crippen LogP contribution in [0.5, 0.6) is 5.75 Å². The van der Waals surface area contributed by atoms with E-state index in [1.165, 1.54) is 0 Å². The molecule has 0 saturated carbocycles. The number of rotatable bonds is 8. The molecule has 1 aromatic carbocycles. The average Bonchev–Trinajstić information content (AvgIpc) is 3.40. The summed E-state index contributed by atoms with van der Waals surface area (Å²) in [5, 5.41) is 19.2. The number of benzene rings is 1. The van der Waals surface area contributed by atoms with Gasteiger partial charge in [-0.25, -0.2) is 4.68 Å². The third-order valence-corrected chi connectivity index (χ3v) is 4.30. The van der Waals surface area contributed by atoms with E-state index < -0.39 is 0 Å². The van der Waals surface area contributed by atoms with E-state index in [4.69, 9.17) is 4.74 Å². The SMILES string of the molecule is CCc1nncn1CCNC(=NC)NCc1ccn(-c2ccc(OC)cc2)n1.I. The predicted molar refractivity (Wildman–Crippen MR) is 123 cm³/mol. The van der Waals surface area contributed by atoms with E-state index in [2.05, 4.69) is 37.8 Å². The predicted octanol–water partition coefficient (Wildman–Crippen LogP) is 2.02. The molecule has 0 aliphatic rings. The maximum Gasteiger partial charge on any atom is 0.191 e. The number of halogens is 1. The van der Waals surface area contributed by atoms with Crippen LogP contribution in [0.25, 0.3) is 5.69 Å². The van der Waals surface area contributed by atoms with Gasteiger partial charge in [0.1, 0.15) is 17.9 Å². The Morgan fingerprint density at radius 3 is 2.66 bits per heavy atom. The van der Waals surface area contributed by atoms with Gasteiger partial charge in [-0.3, -0.25) is 4.99 Å². The molecule has 0 bridgehead atoms. The highest BCUT2D eigenvalue weighted by Crippen LogP contribution is 2.14. The van der Waals surface area contributed by atoms with Crippen LogP contribution in [0.1, 0.15) is 18.4 Å². The van der Waals surface area contributed by atoms with Gasteiger partial charge in [0.25, 0.3) is 0 Å². The van der Waals surface area contributed by atoms with E-state index in [-0.39, 0.29) is 24.0 Å². The minimum absolute atomic E-state index is 0. The molecule has 0 fully saturated rings. The van der Waals surface area contributed by atoms with Crippen LogP contribution in [-0.4, -0.2) is 51.2 Å². The highest BCUT2D eigenvalue weighted by molar-refractivity contribution is 14.0. The van der Waals surface area contributed by atoms with Crippen LogP contribution in [0.3, 0.4) is 0 Å². The van der Waals surface area contributed by atoms with Gasteiger partial charge in [0.15, 0.2) is 5.96 Å². The van der Waals surface area contributed by atoms with Gasteiger partial charge in [-0.1, -0.05) is 6.92 Å². The molecule has 3 rings (SSSR count). The summed E-state index contributed by atoms with van der Waals surface area (Å²) in [4.78, 5) is 4.25. The van der Waals surface area contributed by atoms with Crippen LogP contribution in [0.15, 0.2) is 47.8 Å². The molecule has 2 N–H and O–H groups in total. The molecule has 0 radical (unpaired) electrons. The van der Waals surface area contributed by atoms with Crippen molar-refractivity contribution in [1.29, 1.82) is 0 Å². The highest BCUT2D eigenvalue weighted by atomic mass is 127. The molecule has 0 spiro atoms. The second-order valence-electron chi connectivity index (χ2n) is 6.10. The number of hydrogen-bond acceptors (Lipinski definition) is 5. The number of aryl methyl sites for hydroxylation is 1. The summed E-state index contributed by atoms with van der Waals surface area (Å²) >= 11 is 0. The summed E-state index contributed by atoms with van der Waals surface area (Å²) in [7, 11) is 3.41. The van der Waals surface area contributed by atoms with Gasteiger partial charge in [-0.15, -0.1) is 34.2 Å². The van der Waals surface area contributed by atoms with E-state index in [9.17, 15) is 0 Å². The molecule has 0 atom stereocenters. The number of nitrogens with one attached hydrogen (secondary N) is 2. The lowest BCUT2D eigenvalue weighted by molar-refractivity contribution is 0.414. The molecule has 10 heteroatoms. The van der Waals surface area contributed by atoms with Crippen molar-refractivity contribution in [3.05, 3.63) is 54.4 Å². The molecule has 0 saturated heterocycles. The van der Waals surface area contributed by atoms with Gasteiger partial charge in [-0.05, 0) is 30.3 Å². The molecule has 0 unspecified atom stereocenters. The van der Waals surface area contributed by atoms with Gasteiger partial charge in [-0.2, -0.15) is 5.10 Å². The zero-order valence-corrected chi connectivity index (χ0v) is 19.2. The molecule has 2 heterocycles. The van der Waals surface area contributed by atoms with Crippen molar-refractivity contribution in [2.45, 2.75) is 26.4 Å². The first-order chi connectivity index (χ1) is 13.7. The van der Waals surface area contributed by atoms with Gasteiger partial charge in [0.05, 0.1) is 25.0 Å². The van der Waals surface area contributed by atoms with Crippen molar-refractivity contribution in [2.24, 2.45) is 4.99 Å². The molecule has 3 aromatic rings. The third kappa shape index (κ3) is 6.17. The summed E-state index contributed by atoms with van der Waals surface area (Å²) in [5.74, 6) is 2.53. The Kier molecular flexibility index (Phi) is 8.90. The van der Waals surface area contributed by atoms with Gasteiger partial charge in [0, 0.05) is 32.8 Å². The summed E-state index contributed by atoms with van der Waals surface area (Å²) in [6.07, 6.45) is 4.56. The van der Waals surface area contributed by atoms with Crippen LogP contribution in [0, 0.1) is 0 Å². The van der Waals surface area contributed by atoms with E-state index in [0.29, 0.717) is 6.54 Å². The van der Waals surface area contributed by atoms with Crippen molar-refractivity contribution in [3.63, 3.8) is 0 Å². The van der Waals surface area contributed by atoms with Crippen molar-refractivity contribution >= 4 is 29.9 Å². The summed E-state index contributed by atoms with van der Waals surface area (Å²) < 4.78 is 9.06. The molecule has 156 valence electrons. The number of methoxy groups -OCH3 is 1. The van der Waals surface area contributed by atoms with Crippen LogP contribution >= 0.6 is 24.0 Å². The molecular weight excluding hydrogens is 483 g/mol. The zero-order chi connectivity index (χ0) is 19.8. The van der Waals surface area contributed by atoms with Crippen LogP contribution in [-0.2, 0) is 19.5 Å². The molecular formula is C19H27IN8O. The molecule has 0 aliphatic carbocycles. The monoisotopic (exact) mass is 510 g/mol. The Labute approximate surface area is 187 Å². The molecule has 2 aromatic heterocycles. The van der Waals surface area contributed by atoms with Crippen molar-refractivity contribution < 1.29 is 4.74 Å². The maximum atomic E-state index is 5.19. The maximum absolute atomic E-state index is 5.19. The average molecular weight is 510 g/mol. The Balaban J connectivity index is 0.00000300. The fourth-order valence-corrected chi connectivity index (χ4v) is 2.76. The van der Waals surface area contributed by atoms with Crippen molar-refractivity contribution in [1.82, 2.24) is 35.2 Å². The summed E-state index contributed by atoms with van der Waals surface area (Å²) in [5.41, 5.74) is 1.90. The normalized spacial score (nSPS) is 11.1. The lowest BCUT2D eigenvalue weighted by Gasteiger charge is -2.12. The second-order valence-corrected chi connectivity index (χ2v) is 6.10. The van der Waals surface area contributed by atoms with Crippen molar-refractivity contribution in [3.8, 4) is 11.4 Å². The Morgan fingerprint density at radius 1 is 1.17 bits per heavy atom. The van der Waals surface area contributed by atoms with E-state index >= 15 is 0 Å². The number of guanidine groups is 1. The minimum Gasteiger partial charge on any atom is -0.497 e. The van der Waals surface area contributed by atoms with E-state index in [1.54, 1.807) is 20.5 Å². The van der Waals surface area contributed by atoms with Crippen LogP contribution in [0.4, 0.5) is 0 Å². The van der Waals surface area contributed by atoms with Crippen LogP contribution < -0.4 is 15.4 Å². The topological polar surface area (TPSA) is 94.2 Å². The van der Waals surface area contributed by atoms with E-state index in [1.807, 2.05) is 45.8 Å². The molecule has 9 nitrogen and oxygen atoms in total. The molecule has 0 amide bonds. The van der Waals surface area contributed by atoms with E-state index in [0.717, 1.165) is 48.4 Å². The smallest absolute Gasteiger partial charge is 0.191 e. The number of ether oxygens (including phenoxy) is 1. The summed E-state index contributed by atoms with van der Waals surface area (Å²) in [6.45, 7) is 4.16. The lowest BCUT2D eigenvalue weighted by atomic mass is 10.3. The Bertz CT molecular complexity index is 903. The standard InChI is InChI=1S/C19H26N8O.HI/c1-4-18-24-23-14-26(18)12-10-21-19(20-2)22-13-15-9-11-27(25-15)16-5-7-17(28-3)8-6-16;/h5-9,11,14H,4,10,12-13H2,1-3H3,(H2,20,21,22);1H. The first-order valence-corrected chi connectivity index (χ1v) is 9.23. The zero-order valence-electron chi connectivity index (χ0n) is 16.9. The molecule has 29 heavy (non-hydrogen) atoms. The summed E-state index contributed by atoms with van der Waals surface area (Å²) in [6, 6.07) is 9.76. The largest absolute Gasteiger partial charge is 0.497 e. The third-order valence-electron chi connectivity index (χ3n) is 4.30. The van der Waals surface area contributed by atoms with Gasteiger partial charge < -0.3 is 19.9 Å².